The lowest BCUT2D eigenvalue weighted by atomic mass is 9.70. The molecule has 8 nitrogen and oxygen atoms in total. The van der Waals surface area contributed by atoms with Crippen molar-refractivity contribution in [2.75, 3.05) is 44.1 Å². The number of nitrogens with one attached hydrogen (secondary N) is 1. The molecule has 3 atom stereocenters. The molecule has 228 valence electrons. The standard InChI is InChI=1S/C32H41ClN2O6S/c1-39-16-17-40-30-8-3-2-6-18-42(37,38)34-32(36)24-11-14-31-29(20-24)35(21-25-10-13-28(25)30)15-5-4-7-23-19-27(33)12-9-26(23)22-41-31/h3,8-9,11-12,14,19-20,25,28,30H,2,4-7,10,13,15-18,21-22H2,1H3,(H,34,36)/b8-3+/t25-,28+,30+/m0/s1. The number of methoxy groups -OCH3 is 1. The average Bonchev–Trinajstić information content (AvgIpc) is 2.97. The van der Waals surface area contributed by atoms with E-state index in [9.17, 15) is 13.2 Å². The van der Waals surface area contributed by atoms with Crippen molar-refractivity contribution in [1.29, 1.82) is 0 Å². The summed E-state index contributed by atoms with van der Waals surface area (Å²) in [6, 6.07) is 11.1. The van der Waals surface area contributed by atoms with Crippen LogP contribution in [0.25, 0.3) is 0 Å². The number of halogens is 1. The summed E-state index contributed by atoms with van der Waals surface area (Å²) in [5.74, 6) is 0.662. The van der Waals surface area contributed by atoms with Gasteiger partial charge in [0.25, 0.3) is 5.91 Å². The van der Waals surface area contributed by atoms with Crippen LogP contribution in [-0.2, 0) is 32.5 Å². The van der Waals surface area contributed by atoms with E-state index in [0.717, 1.165) is 56.4 Å². The fraction of sp³-hybridized carbons (Fsp3) is 0.531. The Bertz CT molecular complexity index is 1380. The number of fused-ring (bicyclic) bond motifs is 3. The molecule has 0 radical (unpaired) electrons. The van der Waals surface area contributed by atoms with Crippen LogP contribution in [0, 0.1) is 11.8 Å². The molecule has 0 unspecified atom stereocenters. The molecule has 0 spiro atoms. The minimum absolute atomic E-state index is 0.0617. The second kappa shape index (κ2) is 14.3. The van der Waals surface area contributed by atoms with Crippen molar-refractivity contribution in [3.63, 3.8) is 0 Å². The van der Waals surface area contributed by atoms with E-state index in [1.165, 1.54) is 5.56 Å². The highest BCUT2D eigenvalue weighted by molar-refractivity contribution is 7.90. The Morgan fingerprint density at radius 3 is 2.76 bits per heavy atom. The summed E-state index contributed by atoms with van der Waals surface area (Å²) >= 11 is 6.32. The van der Waals surface area contributed by atoms with E-state index >= 15 is 0 Å². The number of benzene rings is 2. The molecule has 10 heteroatoms. The molecule has 2 heterocycles. The summed E-state index contributed by atoms with van der Waals surface area (Å²) in [6.07, 6.45) is 10.0. The van der Waals surface area contributed by atoms with Crippen molar-refractivity contribution in [3.8, 4) is 5.75 Å². The average molecular weight is 617 g/mol. The molecular weight excluding hydrogens is 576 g/mol. The van der Waals surface area contributed by atoms with Gasteiger partial charge in [0.05, 0.1) is 30.8 Å². The number of sulfonamides is 1. The summed E-state index contributed by atoms with van der Waals surface area (Å²) in [6.45, 7) is 2.97. The number of hydrogen-bond donors (Lipinski definition) is 1. The van der Waals surface area contributed by atoms with Crippen molar-refractivity contribution >= 4 is 33.2 Å². The number of rotatable bonds is 4. The fourth-order valence-corrected chi connectivity index (χ4v) is 7.32. The SMILES string of the molecule is COCCO[C@@H]1/C=C/CCCS(=O)(=O)NC(=O)c2ccc3c(c2)N(CCCCc2cc(Cl)ccc2CO3)C[C@@H]2CC[C@H]21. The lowest BCUT2D eigenvalue weighted by molar-refractivity contribution is -0.0308. The normalized spacial score (nSPS) is 25.4. The van der Waals surface area contributed by atoms with Crippen LogP contribution in [0.2, 0.25) is 5.02 Å². The predicted molar refractivity (Wildman–Crippen MR) is 165 cm³/mol. The topological polar surface area (TPSA) is 94.2 Å². The van der Waals surface area contributed by atoms with Crippen LogP contribution < -0.4 is 14.4 Å². The van der Waals surface area contributed by atoms with Crippen LogP contribution in [0.5, 0.6) is 5.75 Å². The van der Waals surface area contributed by atoms with Crippen LogP contribution in [0.1, 0.15) is 60.0 Å². The van der Waals surface area contributed by atoms with Gasteiger partial charge in [-0.25, -0.2) is 13.1 Å². The summed E-state index contributed by atoms with van der Waals surface area (Å²) < 4.78 is 45.6. The van der Waals surface area contributed by atoms with Gasteiger partial charge in [0.2, 0.25) is 10.0 Å². The monoisotopic (exact) mass is 616 g/mol. The number of amides is 1. The van der Waals surface area contributed by atoms with Gasteiger partial charge in [-0.15, -0.1) is 0 Å². The first-order valence-electron chi connectivity index (χ1n) is 14.9. The van der Waals surface area contributed by atoms with Crippen molar-refractivity contribution in [1.82, 2.24) is 4.72 Å². The van der Waals surface area contributed by atoms with E-state index in [2.05, 4.69) is 15.7 Å². The number of carbonyl (C=O) groups excluding carboxylic acids is 1. The number of allylic oxidation sites excluding steroid dienone is 1. The lowest BCUT2D eigenvalue weighted by Gasteiger charge is -2.44. The molecule has 2 aliphatic heterocycles. The Balaban J connectivity index is 1.49. The molecule has 42 heavy (non-hydrogen) atoms. The van der Waals surface area contributed by atoms with Gasteiger partial charge in [-0.1, -0.05) is 29.8 Å². The highest BCUT2D eigenvalue weighted by Gasteiger charge is 2.38. The molecule has 3 aliphatic rings. The third-order valence-corrected chi connectivity index (χ3v) is 10.1. The third kappa shape index (κ3) is 7.86. The van der Waals surface area contributed by atoms with Gasteiger partial charge in [0, 0.05) is 30.8 Å². The minimum Gasteiger partial charge on any atom is -0.487 e. The zero-order chi connectivity index (χ0) is 29.5. The maximum Gasteiger partial charge on any atom is 0.264 e. The molecule has 2 aromatic rings. The first kappa shape index (κ1) is 30.9. The van der Waals surface area contributed by atoms with Gasteiger partial charge in [0.15, 0.2) is 0 Å². The summed E-state index contributed by atoms with van der Waals surface area (Å²) in [5.41, 5.74) is 3.38. The van der Waals surface area contributed by atoms with Crippen molar-refractivity contribution in [2.45, 2.75) is 57.7 Å². The van der Waals surface area contributed by atoms with Crippen LogP contribution in [0.15, 0.2) is 48.6 Å². The molecule has 1 saturated carbocycles. The van der Waals surface area contributed by atoms with Crippen LogP contribution in [-0.4, -0.2) is 59.6 Å². The van der Waals surface area contributed by atoms with Crippen molar-refractivity contribution < 1.29 is 27.4 Å². The number of carbonyl (C=O) groups is 1. The van der Waals surface area contributed by atoms with Gasteiger partial charge in [-0.2, -0.15) is 0 Å². The molecule has 0 aromatic heterocycles. The molecule has 1 N–H and O–H groups in total. The molecule has 5 rings (SSSR count). The lowest BCUT2D eigenvalue weighted by Crippen LogP contribution is -2.44. The number of ether oxygens (including phenoxy) is 3. The second-order valence-electron chi connectivity index (χ2n) is 11.4. The van der Waals surface area contributed by atoms with E-state index in [1.54, 1.807) is 25.3 Å². The molecule has 2 aromatic carbocycles. The largest absolute Gasteiger partial charge is 0.487 e. The van der Waals surface area contributed by atoms with Gasteiger partial charge >= 0.3 is 0 Å². The summed E-state index contributed by atoms with van der Waals surface area (Å²) in [7, 11) is -2.12. The first-order valence-corrected chi connectivity index (χ1v) is 17.0. The first-order chi connectivity index (χ1) is 20.3. The fourth-order valence-electron chi connectivity index (χ4n) is 6.08. The van der Waals surface area contributed by atoms with E-state index < -0.39 is 15.9 Å². The molecule has 1 amide bonds. The zero-order valence-corrected chi connectivity index (χ0v) is 25.8. The zero-order valence-electron chi connectivity index (χ0n) is 24.2. The Hall–Kier alpha value is -2.59. The molecule has 0 saturated heterocycles. The Morgan fingerprint density at radius 2 is 1.95 bits per heavy atom. The number of aryl methyl sites for hydroxylation is 1. The minimum atomic E-state index is -3.78. The summed E-state index contributed by atoms with van der Waals surface area (Å²) in [4.78, 5) is 15.5. The van der Waals surface area contributed by atoms with Gasteiger partial charge in [-0.3, -0.25) is 4.79 Å². The number of anilines is 1. The Labute approximate surface area is 254 Å². The maximum absolute atomic E-state index is 13.1. The van der Waals surface area contributed by atoms with Gasteiger partial charge in [0.1, 0.15) is 12.4 Å². The predicted octanol–water partition coefficient (Wildman–Crippen LogP) is 5.53. The maximum atomic E-state index is 13.1. The van der Waals surface area contributed by atoms with E-state index in [4.69, 9.17) is 25.8 Å². The second-order valence-corrected chi connectivity index (χ2v) is 13.7. The Kier molecular flexibility index (Phi) is 10.5. The van der Waals surface area contributed by atoms with E-state index in [0.29, 0.717) is 60.8 Å². The molecular formula is C32H41ClN2O6S. The number of nitrogens with zero attached hydrogens (tertiary/aromatic N) is 1. The van der Waals surface area contributed by atoms with Gasteiger partial charge in [-0.05, 0) is 98.2 Å². The number of hydrogen-bond acceptors (Lipinski definition) is 7. The van der Waals surface area contributed by atoms with Crippen LogP contribution in [0.3, 0.4) is 0 Å². The van der Waals surface area contributed by atoms with E-state index in [1.807, 2.05) is 24.3 Å². The quantitative estimate of drug-likeness (QED) is 0.357. The smallest absolute Gasteiger partial charge is 0.264 e. The highest BCUT2D eigenvalue weighted by atomic mass is 35.5. The van der Waals surface area contributed by atoms with Crippen molar-refractivity contribution in [2.24, 2.45) is 11.8 Å². The third-order valence-electron chi connectivity index (χ3n) is 8.55. The van der Waals surface area contributed by atoms with E-state index in [-0.39, 0.29) is 11.9 Å². The Morgan fingerprint density at radius 1 is 1.07 bits per heavy atom. The molecule has 1 aliphatic carbocycles. The molecule has 2 bridgehead atoms. The van der Waals surface area contributed by atoms with Crippen molar-refractivity contribution in [3.05, 3.63) is 70.3 Å². The highest BCUT2D eigenvalue weighted by Crippen LogP contribution is 2.41. The molecule has 1 fully saturated rings. The van der Waals surface area contributed by atoms with Crippen LogP contribution >= 0.6 is 11.6 Å². The summed E-state index contributed by atoms with van der Waals surface area (Å²) in [5, 5.41) is 0.715. The van der Waals surface area contributed by atoms with Gasteiger partial charge < -0.3 is 19.1 Å². The van der Waals surface area contributed by atoms with Crippen LogP contribution in [0.4, 0.5) is 5.69 Å².